The van der Waals surface area contributed by atoms with Crippen LogP contribution in [0.3, 0.4) is 0 Å². The van der Waals surface area contributed by atoms with E-state index in [1.54, 1.807) is 6.92 Å². The minimum Gasteiger partial charge on any atom is -0.491 e. The normalized spacial score (nSPS) is 11.6. The molecule has 0 aliphatic carbocycles. The first-order valence-corrected chi connectivity index (χ1v) is 10.7. The van der Waals surface area contributed by atoms with Crippen molar-refractivity contribution in [1.29, 1.82) is 0 Å². The molecule has 7 heteroatoms. The summed E-state index contributed by atoms with van der Waals surface area (Å²) in [5.74, 6) is -1.52. The molecule has 0 fully saturated rings. The molecular weight excluding hydrogens is 439 g/mol. The molecule has 0 amide bonds. The largest absolute Gasteiger partial charge is 0.491 e. The van der Waals surface area contributed by atoms with E-state index in [0.29, 0.717) is 0 Å². The molecule has 0 heterocycles. The van der Waals surface area contributed by atoms with Gasteiger partial charge in [0, 0.05) is 0 Å². The van der Waals surface area contributed by atoms with Crippen molar-refractivity contribution in [3.63, 3.8) is 0 Å². The van der Waals surface area contributed by atoms with Crippen molar-refractivity contribution >= 4 is 0 Å². The Balaban J connectivity index is 1.72. The summed E-state index contributed by atoms with van der Waals surface area (Å²) in [6.07, 6.45) is -5.99. The summed E-state index contributed by atoms with van der Waals surface area (Å²) in [5.41, 5.74) is 1.32. The average molecular weight is 464 g/mol. The lowest BCUT2D eigenvalue weighted by atomic mass is 9.99. The summed E-state index contributed by atoms with van der Waals surface area (Å²) in [6.45, 7) is 3.76. The Morgan fingerprint density at radius 3 is 2.06 bits per heavy atom. The van der Waals surface area contributed by atoms with Crippen LogP contribution in [0.25, 0.3) is 11.1 Å². The second-order valence-electron chi connectivity index (χ2n) is 7.51. The number of hydrogen-bond acceptors (Lipinski definition) is 2. The van der Waals surface area contributed by atoms with Crippen LogP contribution in [0.1, 0.15) is 43.4 Å². The monoisotopic (exact) mass is 464 g/mol. The first-order valence-electron chi connectivity index (χ1n) is 10.7. The molecule has 0 aromatic heterocycles. The lowest BCUT2D eigenvalue weighted by molar-refractivity contribution is -0.180. The number of alkyl halides is 4. The highest BCUT2D eigenvalue weighted by molar-refractivity contribution is 5.69. The molecule has 33 heavy (non-hydrogen) atoms. The van der Waals surface area contributed by atoms with Crippen LogP contribution in [0.15, 0.2) is 60.7 Å². The van der Waals surface area contributed by atoms with E-state index < -0.39 is 30.3 Å². The highest BCUT2D eigenvalue weighted by Gasteiger charge is 2.31. The Morgan fingerprint density at radius 1 is 0.848 bits per heavy atom. The van der Waals surface area contributed by atoms with E-state index >= 15 is 0 Å². The minimum absolute atomic E-state index is 0.0419. The first kappa shape index (κ1) is 24.6. The molecule has 0 unspecified atom stereocenters. The molecule has 0 saturated carbocycles. The summed E-state index contributed by atoms with van der Waals surface area (Å²) >= 11 is 0. The van der Waals surface area contributed by atoms with Gasteiger partial charge in [0.25, 0.3) is 6.43 Å². The van der Waals surface area contributed by atoms with Crippen LogP contribution < -0.4 is 9.47 Å². The number of benzene rings is 3. The molecule has 0 spiro atoms. The van der Waals surface area contributed by atoms with Gasteiger partial charge in [-0.3, -0.25) is 0 Å². The van der Waals surface area contributed by atoms with Gasteiger partial charge in [-0.1, -0.05) is 43.3 Å². The van der Waals surface area contributed by atoms with E-state index in [9.17, 15) is 22.0 Å². The SMILES string of the molecule is CCOc1ccc(-c2ccc(OC(F)(F)CCc3ccc(CC)cc3)cc2)c(C(F)F)c1F. The van der Waals surface area contributed by atoms with Crippen molar-refractivity contribution in [3.05, 3.63) is 83.2 Å². The van der Waals surface area contributed by atoms with E-state index in [1.807, 2.05) is 31.2 Å². The maximum atomic E-state index is 14.5. The third-order valence-corrected chi connectivity index (χ3v) is 5.23. The summed E-state index contributed by atoms with van der Waals surface area (Å²) in [7, 11) is 0. The van der Waals surface area contributed by atoms with Gasteiger partial charge in [0.15, 0.2) is 11.6 Å². The van der Waals surface area contributed by atoms with Gasteiger partial charge in [-0.25, -0.2) is 13.2 Å². The summed E-state index contributed by atoms with van der Waals surface area (Å²) < 4.78 is 80.1. The van der Waals surface area contributed by atoms with Crippen molar-refractivity contribution in [2.45, 2.75) is 45.6 Å². The van der Waals surface area contributed by atoms with E-state index in [-0.39, 0.29) is 35.7 Å². The summed E-state index contributed by atoms with van der Waals surface area (Å²) in [4.78, 5) is 0. The topological polar surface area (TPSA) is 18.5 Å². The van der Waals surface area contributed by atoms with Crippen molar-refractivity contribution in [1.82, 2.24) is 0 Å². The van der Waals surface area contributed by atoms with Gasteiger partial charge in [0.1, 0.15) is 5.75 Å². The second kappa shape index (κ2) is 10.7. The number of rotatable bonds is 10. The summed E-state index contributed by atoms with van der Waals surface area (Å²) in [6, 6.07) is 15.2. The molecule has 0 atom stereocenters. The van der Waals surface area contributed by atoms with Gasteiger partial charge in [0.05, 0.1) is 18.6 Å². The van der Waals surface area contributed by atoms with Crippen LogP contribution in [0.4, 0.5) is 22.0 Å². The molecule has 0 bridgehead atoms. The lowest BCUT2D eigenvalue weighted by Crippen LogP contribution is -2.25. The molecule has 3 rings (SSSR count). The molecule has 0 aliphatic rings. The molecule has 3 aromatic rings. The van der Waals surface area contributed by atoms with Gasteiger partial charge in [-0.2, -0.15) is 8.78 Å². The molecule has 2 nitrogen and oxygen atoms in total. The van der Waals surface area contributed by atoms with Crippen LogP contribution >= 0.6 is 0 Å². The van der Waals surface area contributed by atoms with Crippen LogP contribution in [-0.2, 0) is 12.8 Å². The Bertz CT molecular complexity index is 1050. The Kier molecular flexibility index (Phi) is 7.95. The second-order valence-corrected chi connectivity index (χ2v) is 7.51. The first-order chi connectivity index (χ1) is 15.7. The smallest absolute Gasteiger partial charge is 0.398 e. The van der Waals surface area contributed by atoms with E-state index in [4.69, 9.17) is 9.47 Å². The Labute approximate surface area is 190 Å². The Hall–Kier alpha value is -3.09. The van der Waals surface area contributed by atoms with Crippen LogP contribution in [0.5, 0.6) is 11.5 Å². The van der Waals surface area contributed by atoms with Crippen LogP contribution in [0, 0.1) is 5.82 Å². The average Bonchev–Trinajstić information content (AvgIpc) is 2.79. The quantitative estimate of drug-likeness (QED) is 0.283. The van der Waals surface area contributed by atoms with E-state index in [1.165, 1.54) is 36.4 Å². The van der Waals surface area contributed by atoms with Crippen molar-refractivity contribution in [2.24, 2.45) is 0 Å². The molecular formula is C26H25F5O2. The predicted molar refractivity (Wildman–Crippen MR) is 118 cm³/mol. The molecule has 0 N–H and O–H groups in total. The van der Waals surface area contributed by atoms with Gasteiger partial charge in [-0.15, -0.1) is 0 Å². The fourth-order valence-corrected chi connectivity index (χ4v) is 3.46. The van der Waals surface area contributed by atoms with E-state index in [2.05, 4.69) is 0 Å². The molecule has 0 aliphatic heterocycles. The van der Waals surface area contributed by atoms with Gasteiger partial charge >= 0.3 is 6.11 Å². The third-order valence-electron chi connectivity index (χ3n) is 5.23. The maximum Gasteiger partial charge on any atom is 0.398 e. The molecule has 3 aromatic carbocycles. The zero-order valence-corrected chi connectivity index (χ0v) is 18.4. The lowest BCUT2D eigenvalue weighted by Gasteiger charge is -2.19. The number of aryl methyl sites for hydroxylation is 2. The Morgan fingerprint density at radius 2 is 1.48 bits per heavy atom. The van der Waals surface area contributed by atoms with Crippen molar-refractivity contribution in [2.75, 3.05) is 6.61 Å². The zero-order chi connectivity index (χ0) is 24.0. The highest BCUT2D eigenvalue weighted by Crippen LogP contribution is 2.38. The fourth-order valence-electron chi connectivity index (χ4n) is 3.46. The fraction of sp³-hybridized carbons (Fsp3) is 0.308. The van der Waals surface area contributed by atoms with Gasteiger partial charge in [-0.05, 0) is 66.3 Å². The highest BCUT2D eigenvalue weighted by atomic mass is 19.3. The zero-order valence-electron chi connectivity index (χ0n) is 18.4. The predicted octanol–water partition coefficient (Wildman–Crippen LogP) is 8.00. The van der Waals surface area contributed by atoms with Gasteiger partial charge < -0.3 is 9.47 Å². The van der Waals surface area contributed by atoms with Gasteiger partial charge in [0.2, 0.25) is 0 Å². The van der Waals surface area contributed by atoms with Crippen LogP contribution in [-0.4, -0.2) is 12.7 Å². The molecule has 0 radical (unpaired) electrons. The van der Waals surface area contributed by atoms with E-state index in [0.717, 1.165) is 17.5 Å². The van der Waals surface area contributed by atoms with Crippen LogP contribution in [0.2, 0.25) is 0 Å². The number of halogens is 5. The number of hydrogen-bond donors (Lipinski definition) is 0. The minimum atomic E-state index is -3.41. The third kappa shape index (κ3) is 6.24. The molecule has 0 saturated heterocycles. The maximum absolute atomic E-state index is 14.5. The van der Waals surface area contributed by atoms with Crippen molar-refractivity contribution < 1.29 is 31.4 Å². The molecule has 176 valence electrons. The van der Waals surface area contributed by atoms with Crippen molar-refractivity contribution in [3.8, 4) is 22.6 Å². The number of ether oxygens (including phenoxy) is 2. The summed E-state index contributed by atoms with van der Waals surface area (Å²) in [5, 5.41) is 0. The standard InChI is InChI=1S/C26H25F5O2/c1-3-17-5-7-18(8-6-17)15-16-26(30,31)33-20-11-9-19(10-12-20)21-13-14-22(32-4-2)24(27)23(21)25(28)29/h5-14,25H,3-4,15-16H2,1-2H3.